The van der Waals surface area contributed by atoms with E-state index in [0.717, 1.165) is 35.9 Å². The van der Waals surface area contributed by atoms with Gasteiger partial charge in [-0.25, -0.2) is 0 Å². The summed E-state index contributed by atoms with van der Waals surface area (Å²) in [5, 5.41) is 0. The number of hydrogen-bond acceptors (Lipinski definition) is 3. The summed E-state index contributed by atoms with van der Waals surface area (Å²) < 4.78 is 0. The zero-order chi connectivity index (χ0) is 18.1. The Labute approximate surface area is 157 Å². The van der Waals surface area contributed by atoms with Crippen LogP contribution in [0.25, 0.3) is 0 Å². The molecule has 0 spiro atoms. The monoisotopic (exact) mass is 361 g/mol. The first-order valence-corrected chi connectivity index (χ1v) is 11.5. The molecule has 0 saturated heterocycles. The van der Waals surface area contributed by atoms with Crippen molar-refractivity contribution in [2.24, 2.45) is 0 Å². The Hall–Kier alpha value is -2.72. The van der Waals surface area contributed by atoms with Gasteiger partial charge in [-0.15, -0.1) is 0 Å². The van der Waals surface area contributed by atoms with Gasteiger partial charge in [0, 0.05) is 17.1 Å². The molecule has 4 heteroatoms. The number of nitrogens with one attached hydrogen (secondary N) is 3. The highest BCUT2D eigenvalue weighted by Gasteiger charge is 2.35. The van der Waals surface area contributed by atoms with E-state index < -0.39 is 8.56 Å². The molecule has 0 unspecified atom stereocenters. The molecule has 3 N–H and O–H groups in total. The van der Waals surface area contributed by atoms with Crippen molar-refractivity contribution in [2.45, 2.75) is 25.8 Å². The molecule has 0 bridgehead atoms. The topological polar surface area (TPSA) is 36.1 Å². The van der Waals surface area contributed by atoms with Crippen LogP contribution in [0.5, 0.6) is 0 Å². The van der Waals surface area contributed by atoms with E-state index in [2.05, 4.69) is 113 Å². The molecule has 0 amide bonds. The Morgan fingerprint density at radius 1 is 0.577 bits per heavy atom. The fourth-order valence-corrected chi connectivity index (χ4v) is 6.45. The predicted molar refractivity (Wildman–Crippen MR) is 116 cm³/mol. The Bertz CT molecular complexity index is 662. The quantitative estimate of drug-likeness (QED) is 0.405. The largest absolute Gasteiger partial charge is 0.378 e. The predicted octanol–water partition coefficient (Wildman–Crippen LogP) is 6.06. The molecule has 3 rings (SSSR count). The van der Waals surface area contributed by atoms with Crippen LogP contribution in [0.4, 0.5) is 17.1 Å². The fraction of sp³-hybridized carbons (Fsp3) is 0.182. The first kappa shape index (κ1) is 18.1. The normalized spacial score (nSPS) is 11.0. The van der Waals surface area contributed by atoms with Crippen LogP contribution in [0, 0.1) is 0 Å². The number of anilines is 3. The van der Waals surface area contributed by atoms with Gasteiger partial charge >= 0.3 is 8.56 Å². The minimum atomic E-state index is -2.29. The lowest BCUT2D eigenvalue weighted by Gasteiger charge is -2.35. The van der Waals surface area contributed by atoms with Crippen molar-refractivity contribution in [1.82, 2.24) is 0 Å². The zero-order valence-electron chi connectivity index (χ0n) is 15.3. The second-order valence-corrected chi connectivity index (χ2v) is 9.54. The molecule has 0 aliphatic carbocycles. The van der Waals surface area contributed by atoms with Gasteiger partial charge in [-0.1, -0.05) is 74.4 Å². The third-order valence-corrected chi connectivity index (χ3v) is 7.55. The summed E-state index contributed by atoms with van der Waals surface area (Å²) >= 11 is 0. The van der Waals surface area contributed by atoms with E-state index >= 15 is 0 Å². The van der Waals surface area contributed by atoms with Gasteiger partial charge in [0.1, 0.15) is 0 Å². The van der Waals surface area contributed by atoms with Gasteiger partial charge in [0.15, 0.2) is 0 Å². The van der Waals surface area contributed by atoms with Gasteiger partial charge in [0.25, 0.3) is 0 Å². The first-order chi connectivity index (χ1) is 12.8. The van der Waals surface area contributed by atoms with Crippen molar-refractivity contribution in [1.29, 1.82) is 0 Å². The maximum absolute atomic E-state index is 3.84. The van der Waals surface area contributed by atoms with E-state index in [-0.39, 0.29) is 0 Å². The van der Waals surface area contributed by atoms with E-state index in [4.69, 9.17) is 0 Å². The van der Waals surface area contributed by atoms with Crippen LogP contribution in [0.2, 0.25) is 6.04 Å². The van der Waals surface area contributed by atoms with E-state index in [1.165, 1.54) is 0 Å². The summed E-state index contributed by atoms with van der Waals surface area (Å²) in [6.07, 6.45) is 2.32. The lowest BCUT2D eigenvalue weighted by molar-refractivity contribution is 0.867. The van der Waals surface area contributed by atoms with Crippen molar-refractivity contribution in [3.8, 4) is 0 Å². The Morgan fingerprint density at radius 2 is 0.923 bits per heavy atom. The van der Waals surface area contributed by atoms with Crippen LogP contribution in [0.1, 0.15) is 19.8 Å². The molecule has 0 aliphatic heterocycles. The first-order valence-electron chi connectivity index (χ1n) is 9.29. The number of hydrogen-bond donors (Lipinski definition) is 3. The van der Waals surface area contributed by atoms with Gasteiger partial charge in [0.05, 0.1) is 0 Å². The van der Waals surface area contributed by atoms with Crippen LogP contribution >= 0.6 is 0 Å². The molecule has 26 heavy (non-hydrogen) atoms. The molecule has 0 fully saturated rings. The molecule has 0 saturated carbocycles. The third kappa shape index (κ3) is 5.13. The van der Waals surface area contributed by atoms with Crippen LogP contribution in [-0.4, -0.2) is 8.56 Å². The summed E-state index contributed by atoms with van der Waals surface area (Å²) in [4.78, 5) is 11.5. The van der Waals surface area contributed by atoms with E-state index in [9.17, 15) is 0 Å². The molecule has 134 valence electrons. The molecule has 3 aromatic carbocycles. The minimum Gasteiger partial charge on any atom is -0.378 e. The molecule has 0 atom stereocenters. The highest BCUT2D eigenvalue weighted by atomic mass is 28.4. The minimum absolute atomic E-state index is 1.07. The molecule has 0 aromatic heterocycles. The molecule has 0 radical (unpaired) electrons. The Morgan fingerprint density at radius 3 is 1.23 bits per heavy atom. The van der Waals surface area contributed by atoms with Crippen LogP contribution < -0.4 is 14.9 Å². The molecule has 3 aromatic rings. The van der Waals surface area contributed by atoms with Gasteiger partial charge in [-0.05, 0) is 42.4 Å². The molecule has 3 nitrogen and oxygen atoms in total. The van der Waals surface area contributed by atoms with Crippen LogP contribution in [0.3, 0.4) is 0 Å². The highest BCUT2D eigenvalue weighted by Crippen LogP contribution is 2.23. The van der Waals surface area contributed by atoms with Gasteiger partial charge in [0.2, 0.25) is 0 Å². The van der Waals surface area contributed by atoms with Gasteiger partial charge in [-0.3, -0.25) is 0 Å². The molecule has 0 heterocycles. The van der Waals surface area contributed by atoms with Crippen molar-refractivity contribution in [3.63, 3.8) is 0 Å². The lowest BCUT2D eigenvalue weighted by atomic mass is 10.3. The van der Waals surface area contributed by atoms with E-state index in [0.29, 0.717) is 0 Å². The van der Waals surface area contributed by atoms with Crippen LogP contribution in [0.15, 0.2) is 91.0 Å². The maximum atomic E-state index is 3.84. The second-order valence-electron chi connectivity index (χ2n) is 6.48. The Kier molecular flexibility index (Phi) is 6.33. The number of rotatable bonds is 9. The summed E-state index contributed by atoms with van der Waals surface area (Å²) in [5.41, 5.74) is 3.42. The van der Waals surface area contributed by atoms with Crippen molar-refractivity contribution < 1.29 is 0 Å². The summed E-state index contributed by atoms with van der Waals surface area (Å²) in [7, 11) is -2.29. The standard InChI is InChI=1S/C22H27N3Si/c1-2-3-19-26(23-20-13-7-4-8-14-20,24-21-15-9-5-10-16-21)25-22-17-11-6-12-18-22/h4-18,23-25H,2-3,19H2,1H3. The van der Waals surface area contributed by atoms with Gasteiger partial charge in [-0.2, -0.15) is 0 Å². The average molecular weight is 362 g/mol. The fourth-order valence-electron chi connectivity index (χ4n) is 3.03. The second kappa shape index (κ2) is 9.11. The van der Waals surface area contributed by atoms with E-state index in [1.807, 2.05) is 0 Å². The third-order valence-electron chi connectivity index (χ3n) is 4.30. The summed E-state index contributed by atoms with van der Waals surface area (Å²) in [6.45, 7) is 2.24. The highest BCUT2D eigenvalue weighted by molar-refractivity contribution is 6.88. The van der Waals surface area contributed by atoms with Crippen LogP contribution in [-0.2, 0) is 0 Å². The van der Waals surface area contributed by atoms with Crippen molar-refractivity contribution in [2.75, 3.05) is 14.9 Å². The smallest absolute Gasteiger partial charge is 0.372 e. The zero-order valence-corrected chi connectivity index (χ0v) is 16.3. The summed E-state index contributed by atoms with van der Waals surface area (Å²) in [6, 6.07) is 32.5. The average Bonchev–Trinajstić information content (AvgIpc) is 2.69. The van der Waals surface area contributed by atoms with Crippen molar-refractivity contribution in [3.05, 3.63) is 91.0 Å². The lowest BCUT2D eigenvalue weighted by Crippen LogP contribution is -2.59. The Balaban J connectivity index is 1.94. The molecular formula is C22H27N3Si. The number of unbranched alkanes of at least 4 members (excludes halogenated alkanes) is 1. The summed E-state index contributed by atoms with van der Waals surface area (Å²) in [5.74, 6) is 0. The van der Waals surface area contributed by atoms with Gasteiger partial charge < -0.3 is 14.9 Å². The molecule has 0 aliphatic rings. The maximum Gasteiger partial charge on any atom is 0.372 e. The molecular weight excluding hydrogens is 334 g/mol. The number of benzene rings is 3. The van der Waals surface area contributed by atoms with Crippen molar-refractivity contribution >= 4 is 25.6 Å². The SMILES string of the molecule is CCCC[Si](Nc1ccccc1)(Nc1ccccc1)Nc1ccccc1. The number of para-hydroxylation sites is 3. The van der Waals surface area contributed by atoms with E-state index in [1.54, 1.807) is 0 Å².